The number of benzene rings is 1. The zero-order chi connectivity index (χ0) is 22.2. The Bertz CT molecular complexity index is 1010. The zero-order valence-electron chi connectivity index (χ0n) is 16.1. The van der Waals surface area contributed by atoms with Crippen LogP contribution in [0.3, 0.4) is 0 Å². The predicted molar refractivity (Wildman–Crippen MR) is 112 cm³/mol. The van der Waals surface area contributed by atoms with E-state index in [2.05, 4.69) is 5.32 Å². The third-order valence-corrected chi connectivity index (χ3v) is 6.28. The topological polar surface area (TPSA) is 79.0 Å². The molecule has 2 aliphatic rings. The number of nitrogens with one attached hydrogen (secondary N) is 1. The summed E-state index contributed by atoms with van der Waals surface area (Å²) in [7, 11) is 0. The maximum atomic E-state index is 13.4. The SMILES string of the molecule is O=C(NC[C@H]1CN(c2ccc(N3CCC(F)(F)CC3=O)cc2)C(=O)O1)c1ccc(Cl)s1. The van der Waals surface area contributed by atoms with Crippen LogP contribution in [-0.4, -0.2) is 49.6 Å². The van der Waals surface area contributed by atoms with Crippen LogP contribution in [0.25, 0.3) is 0 Å². The number of anilines is 2. The lowest BCUT2D eigenvalue weighted by atomic mass is 10.1. The fraction of sp³-hybridized carbons (Fsp3) is 0.350. The molecule has 1 aromatic heterocycles. The van der Waals surface area contributed by atoms with E-state index in [9.17, 15) is 23.2 Å². The van der Waals surface area contributed by atoms with Crippen LogP contribution in [0.1, 0.15) is 22.5 Å². The summed E-state index contributed by atoms with van der Waals surface area (Å²) in [5, 5.41) is 2.71. The summed E-state index contributed by atoms with van der Waals surface area (Å²) < 4.78 is 32.5. The van der Waals surface area contributed by atoms with E-state index < -0.39 is 30.4 Å². The van der Waals surface area contributed by atoms with Gasteiger partial charge >= 0.3 is 6.09 Å². The van der Waals surface area contributed by atoms with Gasteiger partial charge in [-0.3, -0.25) is 14.5 Å². The summed E-state index contributed by atoms with van der Waals surface area (Å²) >= 11 is 6.98. The van der Waals surface area contributed by atoms with Crippen LogP contribution >= 0.6 is 22.9 Å². The molecule has 0 spiro atoms. The quantitative estimate of drug-likeness (QED) is 0.720. The highest BCUT2D eigenvalue weighted by Crippen LogP contribution is 2.32. The van der Waals surface area contributed by atoms with E-state index in [0.29, 0.717) is 20.6 Å². The molecule has 11 heteroatoms. The Labute approximate surface area is 185 Å². The van der Waals surface area contributed by atoms with Crippen LogP contribution in [0.4, 0.5) is 25.0 Å². The molecule has 3 amide bonds. The number of thiophene rings is 1. The fourth-order valence-electron chi connectivity index (χ4n) is 3.46. The van der Waals surface area contributed by atoms with Gasteiger partial charge in [0.15, 0.2) is 0 Å². The molecule has 164 valence electrons. The first-order chi connectivity index (χ1) is 14.7. The van der Waals surface area contributed by atoms with Gasteiger partial charge in [0.25, 0.3) is 11.8 Å². The van der Waals surface area contributed by atoms with Crippen LogP contribution in [0.5, 0.6) is 0 Å². The number of nitrogens with zero attached hydrogens (tertiary/aromatic N) is 2. The van der Waals surface area contributed by atoms with Crippen molar-refractivity contribution in [1.29, 1.82) is 0 Å². The third-order valence-electron chi connectivity index (χ3n) is 5.05. The second-order valence-electron chi connectivity index (χ2n) is 7.27. The van der Waals surface area contributed by atoms with E-state index in [1.165, 1.54) is 9.80 Å². The van der Waals surface area contributed by atoms with Crippen molar-refractivity contribution < 1.29 is 27.9 Å². The van der Waals surface area contributed by atoms with Gasteiger partial charge < -0.3 is 15.0 Å². The number of hydrogen-bond acceptors (Lipinski definition) is 5. The highest BCUT2D eigenvalue weighted by molar-refractivity contribution is 7.18. The molecule has 2 saturated heterocycles. The molecule has 2 aromatic rings. The number of cyclic esters (lactones) is 1. The Morgan fingerprint density at radius 1 is 1.16 bits per heavy atom. The lowest BCUT2D eigenvalue weighted by molar-refractivity contribution is -0.129. The van der Waals surface area contributed by atoms with Crippen molar-refractivity contribution in [1.82, 2.24) is 5.32 Å². The first-order valence-electron chi connectivity index (χ1n) is 9.52. The maximum Gasteiger partial charge on any atom is 0.414 e. The summed E-state index contributed by atoms with van der Waals surface area (Å²) in [6, 6.07) is 9.73. The highest BCUT2D eigenvalue weighted by Gasteiger charge is 2.40. The Kier molecular flexibility index (Phi) is 5.85. The first kappa shape index (κ1) is 21.5. The maximum absolute atomic E-state index is 13.4. The molecule has 2 aliphatic heterocycles. The summed E-state index contributed by atoms with van der Waals surface area (Å²) in [5.74, 6) is -3.90. The standard InChI is InChI=1S/C20H18ClF2N3O4S/c21-16-6-5-15(31-16)18(28)24-10-14-11-26(19(29)30-14)13-3-1-12(2-4-13)25-8-7-20(22,23)9-17(25)27/h1-6,14H,7-11H2,(H,24,28)/t14-/m0/s1. The van der Waals surface area contributed by atoms with Crippen LogP contribution in [-0.2, 0) is 9.53 Å². The van der Waals surface area contributed by atoms with Crippen LogP contribution < -0.4 is 15.1 Å². The van der Waals surface area contributed by atoms with Gasteiger partial charge in [-0.25, -0.2) is 13.6 Å². The number of hydrogen-bond donors (Lipinski definition) is 1. The zero-order valence-corrected chi connectivity index (χ0v) is 17.7. The predicted octanol–water partition coefficient (Wildman–Crippen LogP) is 3.92. The number of amides is 3. The van der Waals surface area contributed by atoms with Crippen molar-refractivity contribution in [2.45, 2.75) is 24.9 Å². The van der Waals surface area contributed by atoms with Crippen molar-refractivity contribution in [3.63, 3.8) is 0 Å². The molecule has 0 unspecified atom stereocenters. The van der Waals surface area contributed by atoms with Crippen LogP contribution in [0, 0.1) is 0 Å². The average molecular weight is 470 g/mol. The number of alkyl halides is 2. The van der Waals surface area contributed by atoms with E-state index in [-0.39, 0.29) is 32.0 Å². The second kappa shape index (κ2) is 8.43. The van der Waals surface area contributed by atoms with Gasteiger partial charge in [0, 0.05) is 24.3 Å². The van der Waals surface area contributed by atoms with Gasteiger partial charge in [-0.15, -0.1) is 11.3 Å². The smallest absolute Gasteiger partial charge is 0.414 e. The van der Waals surface area contributed by atoms with E-state index in [4.69, 9.17) is 16.3 Å². The monoisotopic (exact) mass is 469 g/mol. The minimum atomic E-state index is -2.97. The molecular formula is C20H18ClF2N3O4S. The molecule has 4 rings (SSSR count). The van der Waals surface area contributed by atoms with Gasteiger partial charge in [-0.2, -0.15) is 0 Å². The highest BCUT2D eigenvalue weighted by atomic mass is 35.5. The number of rotatable bonds is 5. The molecule has 0 bridgehead atoms. The third kappa shape index (κ3) is 4.80. The Hall–Kier alpha value is -2.72. The minimum absolute atomic E-state index is 0.0613. The molecular weight excluding hydrogens is 452 g/mol. The van der Waals surface area contributed by atoms with E-state index in [1.807, 2.05) is 0 Å². The molecule has 2 fully saturated rings. The fourth-order valence-corrected chi connectivity index (χ4v) is 4.42. The van der Waals surface area contributed by atoms with Crippen molar-refractivity contribution in [2.24, 2.45) is 0 Å². The lowest BCUT2D eigenvalue weighted by Crippen LogP contribution is -2.43. The van der Waals surface area contributed by atoms with Crippen molar-refractivity contribution in [2.75, 3.05) is 29.4 Å². The molecule has 1 aromatic carbocycles. The molecule has 31 heavy (non-hydrogen) atoms. The normalized spacial score (nSPS) is 20.7. The number of carbonyl (C=O) groups is 3. The first-order valence-corrected chi connectivity index (χ1v) is 10.7. The Morgan fingerprint density at radius 3 is 2.45 bits per heavy atom. The summed E-state index contributed by atoms with van der Waals surface area (Å²) in [4.78, 5) is 39.5. The van der Waals surface area contributed by atoms with Gasteiger partial charge in [0.2, 0.25) is 5.91 Å². The molecule has 0 saturated carbocycles. The molecule has 1 atom stereocenters. The summed E-state index contributed by atoms with van der Waals surface area (Å²) in [6.45, 7) is 0.317. The molecule has 0 aliphatic carbocycles. The van der Waals surface area contributed by atoms with E-state index in [1.54, 1.807) is 36.4 Å². The molecule has 1 N–H and O–H groups in total. The summed E-state index contributed by atoms with van der Waals surface area (Å²) in [6.07, 6.45) is -2.28. The van der Waals surface area contributed by atoms with Crippen LogP contribution in [0.2, 0.25) is 4.34 Å². The van der Waals surface area contributed by atoms with Crippen LogP contribution in [0.15, 0.2) is 36.4 Å². The lowest BCUT2D eigenvalue weighted by Gasteiger charge is -2.31. The van der Waals surface area contributed by atoms with Crippen molar-refractivity contribution in [3.05, 3.63) is 45.6 Å². The van der Waals surface area contributed by atoms with Gasteiger partial charge in [-0.05, 0) is 36.4 Å². The largest absolute Gasteiger partial charge is 0.442 e. The van der Waals surface area contributed by atoms with Gasteiger partial charge in [0.05, 0.1) is 28.7 Å². The number of piperidine rings is 1. The van der Waals surface area contributed by atoms with E-state index in [0.717, 1.165) is 11.3 Å². The number of halogens is 3. The van der Waals surface area contributed by atoms with E-state index >= 15 is 0 Å². The van der Waals surface area contributed by atoms with Crippen molar-refractivity contribution in [3.8, 4) is 0 Å². The van der Waals surface area contributed by atoms with Gasteiger partial charge in [-0.1, -0.05) is 11.6 Å². The number of carbonyl (C=O) groups excluding carboxylic acids is 3. The minimum Gasteiger partial charge on any atom is -0.442 e. The second-order valence-corrected chi connectivity index (χ2v) is 8.99. The summed E-state index contributed by atoms with van der Waals surface area (Å²) in [5.41, 5.74) is 1.04. The molecule has 0 radical (unpaired) electrons. The molecule has 3 heterocycles. The number of ether oxygens (including phenoxy) is 1. The Balaban J connectivity index is 1.35. The van der Waals surface area contributed by atoms with Gasteiger partial charge in [0.1, 0.15) is 6.10 Å². The Morgan fingerprint density at radius 2 is 1.84 bits per heavy atom. The molecule has 7 nitrogen and oxygen atoms in total. The van der Waals surface area contributed by atoms with Crippen molar-refractivity contribution >= 4 is 52.2 Å². The average Bonchev–Trinajstić information content (AvgIpc) is 3.31.